The molecule has 0 fully saturated rings. The minimum Gasteiger partial charge on any atom is -0.364 e. The standard InChI is InChI=1S/C5H12O4P/c1-4(2)8-10(7)9-5(3)6/h4-6H,1-3H3/q+1. The molecule has 0 rings (SSSR count). The summed E-state index contributed by atoms with van der Waals surface area (Å²) in [5.74, 6) is 0. The Hall–Kier alpha value is -0.0200. The SMILES string of the molecule is CC(C)O[P+](=O)OC(C)O. The molecule has 0 aliphatic carbocycles. The van der Waals surface area contributed by atoms with E-state index in [0.29, 0.717) is 0 Å². The van der Waals surface area contributed by atoms with Crippen LogP contribution in [0.2, 0.25) is 0 Å². The van der Waals surface area contributed by atoms with Crippen LogP contribution in [-0.4, -0.2) is 17.5 Å². The summed E-state index contributed by atoms with van der Waals surface area (Å²) in [7, 11) is -2.16. The fourth-order valence-corrected chi connectivity index (χ4v) is 0.965. The van der Waals surface area contributed by atoms with Crippen molar-refractivity contribution < 1.29 is 18.7 Å². The van der Waals surface area contributed by atoms with Gasteiger partial charge >= 0.3 is 8.25 Å². The molecule has 0 heterocycles. The molecule has 5 heteroatoms. The van der Waals surface area contributed by atoms with Crippen LogP contribution < -0.4 is 0 Å². The first-order valence-corrected chi connectivity index (χ1v) is 4.10. The lowest BCUT2D eigenvalue weighted by molar-refractivity contribution is -0.00899. The highest BCUT2D eigenvalue weighted by molar-refractivity contribution is 7.33. The second-order valence-corrected chi connectivity index (χ2v) is 2.95. The Morgan fingerprint density at radius 2 is 1.80 bits per heavy atom. The van der Waals surface area contributed by atoms with Crippen molar-refractivity contribution in [1.82, 2.24) is 0 Å². The summed E-state index contributed by atoms with van der Waals surface area (Å²) in [6, 6.07) is 0. The molecule has 2 unspecified atom stereocenters. The van der Waals surface area contributed by atoms with E-state index in [2.05, 4.69) is 9.05 Å². The maximum absolute atomic E-state index is 10.6. The molecule has 0 aromatic rings. The van der Waals surface area contributed by atoms with Gasteiger partial charge in [-0.1, -0.05) is 4.52 Å². The Labute approximate surface area is 61.1 Å². The first kappa shape index (κ1) is 9.98. The molecule has 0 aliphatic rings. The van der Waals surface area contributed by atoms with Gasteiger partial charge in [0, 0.05) is 4.57 Å². The number of aliphatic hydroxyl groups excluding tert-OH is 1. The van der Waals surface area contributed by atoms with Gasteiger partial charge in [-0.05, 0) is 20.8 Å². The molecule has 0 amide bonds. The lowest BCUT2D eigenvalue weighted by atomic mass is 10.5. The lowest BCUT2D eigenvalue weighted by Crippen LogP contribution is -2.03. The van der Waals surface area contributed by atoms with Crippen LogP contribution in [0.15, 0.2) is 0 Å². The highest BCUT2D eigenvalue weighted by atomic mass is 31.1. The Balaban J connectivity index is 3.44. The predicted molar refractivity (Wildman–Crippen MR) is 36.6 cm³/mol. The normalized spacial score (nSPS) is 15.5. The number of hydrogen-bond donors (Lipinski definition) is 1. The van der Waals surface area contributed by atoms with Crippen molar-refractivity contribution in [3.05, 3.63) is 0 Å². The molecule has 0 aromatic heterocycles. The van der Waals surface area contributed by atoms with E-state index in [0.717, 1.165) is 0 Å². The van der Waals surface area contributed by atoms with Crippen LogP contribution in [0.5, 0.6) is 0 Å². The van der Waals surface area contributed by atoms with Crippen LogP contribution in [0.3, 0.4) is 0 Å². The van der Waals surface area contributed by atoms with Crippen molar-refractivity contribution in [3.8, 4) is 0 Å². The fraction of sp³-hybridized carbons (Fsp3) is 1.00. The maximum atomic E-state index is 10.6. The zero-order valence-electron chi connectivity index (χ0n) is 6.27. The molecule has 0 radical (unpaired) electrons. The molecule has 0 saturated carbocycles. The van der Waals surface area contributed by atoms with Crippen LogP contribution in [0.4, 0.5) is 0 Å². The average molecular weight is 167 g/mol. The molecule has 2 atom stereocenters. The highest BCUT2D eigenvalue weighted by Gasteiger charge is 2.24. The molecular weight excluding hydrogens is 155 g/mol. The second kappa shape index (κ2) is 4.74. The molecule has 0 bridgehead atoms. The quantitative estimate of drug-likeness (QED) is 0.508. The van der Waals surface area contributed by atoms with E-state index < -0.39 is 14.5 Å². The van der Waals surface area contributed by atoms with Gasteiger partial charge < -0.3 is 5.11 Å². The van der Waals surface area contributed by atoms with E-state index in [1.54, 1.807) is 13.8 Å². The van der Waals surface area contributed by atoms with E-state index in [4.69, 9.17) is 5.11 Å². The van der Waals surface area contributed by atoms with Gasteiger partial charge in [0.05, 0.1) is 0 Å². The van der Waals surface area contributed by atoms with Crippen LogP contribution in [-0.2, 0) is 13.6 Å². The third-order valence-corrected chi connectivity index (χ3v) is 1.61. The number of hydrogen-bond acceptors (Lipinski definition) is 4. The van der Waals surface area contributed by atoms with Crippen molar-refractivity contribution in [1.29, 1.82) is 0 Å². The van der Waals surface area contributed by atoms with E-state index in [9.17, 15) is 4.57 Å². The van der Waals surface area contributed by atoms with Crippen molar-refractivity contribution in [2.45, 2.75) is 33.2 Å². The van der Waals surface area contributed by atoms with Gasteiger partial charge in [0.15, 0.2) is 0 Å². The first-order chi connectivity index (χ1) is 4.52. The van der Waals surface area contributed by atoms with Gasteiger partial charge in [-0.2, -0.15) is 0 Å². The number of rotatable bonds is 4. The van der Waals surface area contributed by atoms with Crippen molar-refractivity contribution in [3.63, 3.8) is 0 Å². The van der Waals surface area contributed by atoms with E-state index in [-0.39, 0.29) is 6.10 Å². The van der Waals surface area contributed by atoms with Crippen LogP contribution >= 0.6 is 8.25 Å². The van der Waals surface area contributed by atoms with Gasteiger partial charge in [-0.25, -0.2) is 0 Å². The van der Waals surface area contributed by atoms with Gasteiger partial charge in [0.2, 0.25) is 6.29 Å². The van der Waals surface area contributed by atoms with Crippen molar-refractivity contribution in [2.24, 2.45) is 0 Å². The second-order valence-electron chi connectivity index (χ2n) is 2.08. The molecule has 4 nitrogen and oxygen atoms in total. The Bertz CT molecular complexity index is 100. The summed E-state index contributed by atoms with van der Waals surface area (Å²) in [5.41, 5.74) is 0. The lowest BCUT2D eigenvalue weighted by Gasteiger charge is -1.94. The minimum atomic E-state index is -2.16. The molecule has 60 valence electrons. The number of aliphatic hydroxyl groups is 1. The smallest absolute Gasteiger partial charge is 0.364 e. The van der Waals surface area contributed by atoms with Gasteiger partial charge in [-0.15, -0.1) is 4.52 Å². The van der Waals surface area contributed by atoms with E-state index in [1.165, 1.54) is 6.92 Å². The van der Waals surface area contributed by atoms with Crippen LogP contribution in [0, 0.1) is 0 Å². The zero-order valence-corrected chi connectivity index (χ0v) is 7.17. The van der Waals surface area contributed by atoms with Crippen LogP contribution in [0.25, 0.3) is 0 Å². The molecule has 1 N–H and O–H groups in total. The summed E-state index contributed by atoms with van der Waals surface area (Å²) in [4.78, 5) is 0. The van der Waals surface area contributed by atoms with E-state index >= 15 is 0 Å². The van der Waals surface area contributed by atoms with Gasteiger partial charge in [0.25, 0.3) is 0 Å². The summed E-state index contributed by atoms with van der Waals surface area (Å²) < 4.78 is 19.7. The Morgan fingerprint density at radius 3 is 2.10 bits per heavy atom. The third-order valence-electron chi connectivity index (χ3n) is 0.536. The molecule has 0 saturated heterocycles. The van der Waals surface area contributed by atoms with Gasteiger partial charge in [0.1, 0.15) is 6.10 Å². The van der Waals surface area contributed by atoms with Crippen molar-refractivity contribution in [2.75, 3.05) is 0 Å². The van der Waals surface area contributed by atoms with Crippen molar-refractivity contribution >= 4 is 8.25 Å². The summed E-state index contributed by atoms with van der Waals surface area (Å²) in [6.07, 6.45) is -1.19. The molecular formula is C5H12O4P+. The molecule has 10 heavy (non-hydrogen) atoms. The Kier molecular flexibility index (Phi) is 4.73. The molecule has 0 spiro atoms. The maximum Gasteiger partial charge on any atom is 0.700 e. The predicted octanol–water partition coefficient (Wildman–Crippen LogP) is 1.42. The van der Waals surface area contributed by atoms with Gasteiger partial charge in [-0.3, -0.25) is 0 Å². The fourth-order valence-electron chi connectivity index (χ4n) is 0.322. The van der Waals surface area contributed by atoms with E-state index in [1.807, 2.05) is 0 Å². The molecule has 0 aliphatic heterocycles. The summed E-state index contributed by atoms with van der Waals surface area (Å²) in [6.45, 7) is 4.84. The first-order valence-electron chi connectivity index (χ1n) is 3.01. The average Bonchev–Trinajstić information content (AvgIpc) is 1.58. The topological polar surface area (TPSA) is 55.8 Å². The largest absolute Gasteiger partial charge is 0.700 e. The summed E-state index contributed by atoms with van der Waals surface area (Å²) in [5, 5.41) is 8.55. The summed E-state index contributed by atoms with van der Waals surface area (Å²) >= 11 is 0. The molecule has 0 aromatic carbocycles. The zero-order chi connectivity index (χ0) is 8.15. The van der Waals surface area contributed by atoms with Crippen LogP contribution in [0.1, 0.15) is 20.8 Å². The monoisotopic (exact) mass is 167 g/mol. The third kappa shape index (κ3) is 6.11. The minimum absolute atomic E-state index is 0.151. The Morgan fingerprint density at radius 1 is 1.30 bits per heavy atom. The highest BCUT2D eigenvalue weighted by Crippen LogP contribution is 2.26.